The summed E-state index contributed by atoms with van der Waals surface area (Å²) in [4.78, 5) is 12.8. The molecule has 7 heteroatoms. The van der Waals surface area contributed by atoms with Gasteiger partial charge in [0.15, 0.2) is 0 Å². The first-order valence-electron chi connectivity index (χ1n) is 5.69. The van der Waals surface area contributed by atoms with Gasteiger partial charge in [0, 0.05) is 19.6 Å². The lowest BCUT2D eigenvalue weighted by atomic mass is 10.4. The number of hydrogen-bond acceptors (Lipinski definition) is 5. The van der Waals surface area contributed by atoms with Gasteiger partial charge in [0.2, 0.25) is 5.95 Å². The third-order valence-corrected chi connectivity index (χ3v) is 2.73. The first-order chi connectivity index (χ1) is 8.22. The lowest BCUT2D eigenvalue weighted by molar-refractivity contribution is -0.136. The van der Waals surface area contributed by atoms with Crippen molar-refractivity contribution in [3.63, 3.8) is 0 Å². The molecule has 0 unspecified atom stereocenters. The Balaban J connectivity index is 2.21. The number of anilines is 1. The van der Waals surface area contributed by atoms with Crippen molar-refractivity contribution >= 4 is 11.9 Å². The maximum atomic E-state index is 10.7. The van der Waals surface area contributed by atoms with E-state index >= 15 is 0 Å². The van der Waals surface area contributed by atoms with Gasteiger partial charge >= 0.3 is 5.97 Å². The number of carboxylic acid groups (broad SMARTS) is 1. The van der Waals surface area contributed by atoms with Crippen LogP contribution < -0.4 is 4.90 Å². The topological polar surface area (TPSA) is 80.5 Å². The first kappa shape index (κ1) is 11.8. The Morgan fingerprint density at radius 1 is 1.41 bits per heavy atom. The second kappa shape index (κ2) is 5.13. The van der Waals surface area contributed by atoms with Crippen LogP contribution in [0.2, 0.25) is 0 Å². The zero-order valence-corrected chi connectivity index (χ0v) is 9.80. The predicted octanol–water partition coefficient (Wildman–Crippen LogP) is -0.238. The molecule has 7 nitrogen and oxygen atoms in total. The Morgan fingerprint density at radius 2 is 2.12 bits per heavy atom. The highest BCUT2D eigenvalue weighted by molar-refractivity contribution is 5.69. The van der Waals surface area contributed by atoms with Crippen molar-refractivity contribution in [3.8, 4) is 0 Å². The van der Waals surface area contributed by atoms with Gasteiger partial charge in [-0.25, -0.2) is 0 Å². The van der Waals surface area contributed by atoms with Crippen molar-refractivity contribution in [1.82, 2.24) is 14.8 Å². The fourth-order valence-electron chi connectivity index (χ4n) is 1.91. The molecule has 1 aliphatic heterocycles. The van der Waals surface area contributed by atoms with Crippen molar-refractivity contribution in [2.45, 2.75) is 19.9 Å². The van der Waals surface area contributed by atoms with Crippen molar-refractivity contribution in [2.24, 2.45) is 0 Å². The molecule has 17 heavy (non-hydrogen) atoms. The summed E-state index contributed by atoms with van der Waals surface area (Å²) in [6.45, 7) is 5.51. The van der Waals surface area contributed by atoms with Crippen molar-refractivity contribution in [3.05, 3.63) is 5.82 Å². The highest BCUT2D eigenvalue weighted by Gasteiger charge is 2.20. The fraction of sp³-hybridized carbons (Fsp3) is 0.700. The Bertz CT molecular complexity index is 398. The zero-order valence-electron chi connectivity index (χ0n) is 9.80. The first-order valence-corrected chi connectivity index (χ1v) is 5.69. The van der Waals surface area contributed by atoms with Gasteiger partial charge in [0.25, 0.3) is 0 Å². The van der Waals surface area contributed by atoms with E-state index in [2.05, 4.69) is 15.1 Å². The van der Waals surface area contributed by atoms with Crippen LogP contribution in [0.25, 0.3) is 0 Å². The highest BCUT2D eigenvalue weighted by atomic mass is 16.5. The number of carboxylic acids is 1. The second-order valence-corrected chi connectivity index (χ2v) is 3.83. The summed E-state index contributed by atoms with van der Waals surface area (Å²) >= 11 is 0. The second-order valence-electron chi connectivity index (χ2n) is 3.83. The molecule has 2 heterocycles. The Morgan fingerprint density at radius 3 is 2.71 bits per heavy atom. The highest BCUT2D eigenvalue weighted by Crippen LogP contribution is 2.15. The van der Waals surface area contributed by atoms with Crippen LogP contribution >= 0.6 is 0 Å². The van der Waals surface area contributed by atoms with E-state index in [0.29, 0.717) is 25.6 Å². The molecule has 1 N–H and O–H groups in total. The fourth-order valence-corrected chi connectivity index (χ4v) is 1.91. The molecule has 1 aromatic heterocycles. The number of morpholine rings is 1. The van der Waals surface area contributed by atoms with Gasteiger partial charge in [-0.2, -0.15) is 0 Å². The molecule has 1 aromatic rings. The van der Waals surface area contributed by atoms with Gasteiger partial charge in [-0.3, -0.25) is 9.36 Å². The monoisotopic (exact) mass is 240 g/mol. The van der Waals surface area contributed by atoms with Gasteiger partial charge < -0.3 is 14.7 Å². The molecule has 0 radical (unpaired) electrons. The molecule has 0 aliphatic carbocycles. The lowest BCUT2D eigenvalue weighted by Gasteiger charge is -2.27. The smallest absolute Gasteiger partial charge is 0.311 e. The van der Waals surface area contributed by atoms with Gasteiger partial charge in [0.1, 0.15) is 12.2 Å². The maximum absolute atomic E-state index is 10.7. The van der Waals surface area contributed by atoms with Gasteiger partial charge in [-0.15, -0.1) is 10.2 Å². The van der Waals surface area contributed by atoms with E-state index in [4.69, 9.17) is 9.84 Å². The van der Waals surface area contributed by atoms with Crippen LogP contribution in [0.15, 0.2) is 0 Å². The van der Waals surface area contributed by atoms with E-state index in [0.717, 1.165) is 19.0 Å². The predicted molar refractivity (Wildman–Crippen MR) is 60.1 cm³/mol. The van der Waals surface area contributed by atoms with Crippen LogP contribution in [-0.2, 0) is 22.5 Å². The number of aliphatic carboxylic acids is 1. The largest absolute Gasteiger partial charge is 0.481 e. The number of ether oxygens (including phenoxy) is 1. The normalized spacial score (nSPS) is 16.2. The van der Waals surface area contributed by atoms with E-state index in [-0.39, 0.29) is 6.42 Å². The zero-order chi connectivity index (χ0) is 12.3. The molecule has 94 valence electrons. The third-order valence-electron chi connectivity index (χ3n) is 2.73. The molecule has 0 atom stereocenters. The average Bonchev–Trinajstić information content (AvgIpc) is 2.72. The molecule has 1 aliphatic rings. The van der Waals surface area contributed by atoms with Crippen LogP contribution in [0.3, 0.4) is 0 Å². The van der Waals surface area contributed by atoms with Crippen LogP contribution in [0.4, 0.5) is 5.95 Å². The Kier molecular flexibility index (Phi) is 3.58. The minimum absolute atomic E-state index is 0.0921. The number of aromatic nitrogens is 3. The molecular formula is C10H16N4O3. The maximum Gasteiger partial charge on any atom is 0.311 e. The quantitative estimate of drug-likeness (QED) is 0.782. The lowest BCUT2D eigenvalue weighted by Crippen LogP contribution is -2.38. The molecule has 0 bridgehead atoms. The standard InChI is InChI=1S/C10H16N4O3/c1-2-14-8(7-9(15)16)11-12-10(14)13-3-5-17-6-4-13/h2-7H2,1H3,(H,15,16). The summed E-state index contributed by atoms with van der Waals surface area (Å²) in [5, 5.41) is 16.8. The molecule has 0 amide bonds. The summed E-state index contributed by atoms with van der Waals surface area (Å²) in [5.74, 6) is 0.356. The summed E-state index contributed by atoms with van der Waals surface area (Å²) in [6, 6.07) is 0. The number of rotatable bonds is 4. The molecular weight excluding hydrogens is 224 g/mol. The number of hydrogen-bond donors (Lipinski definition) is 1. The minimum Gasteiger partial charge on any atom is -0.481 e. The summed E-state index contributed by atoms with van der Waals surface area (Å²) < 4.78 is 7.12. The summed E-state index contributed by atoms with van der Waals surface area (Å²) in [7, 11) is 0. The van der Waals surface area contributed by atoms with Crippen LogP contribution in [0.1, 0.15) is 12.7 Å². The van der Waals surface area contributed by atoms with E-state index in [1.165, 1.54) is 0 Å². The van der Waals surface area contributed by atoms with E-state index in [1.54, 1.807) is 0 Å². The van der Waals surface area contributed by atoms with Crippen molar-refractivity contribution < 1.29 is 14.6 Å². The molecule has 0 saturated carbocycles. The molecule has 0 aromatic carbocycles. The SMILES string of the molecule is CCn1c(CC(=O)O)nnc1N1CCOCC1. The van der Waals surface area contributed by atoms with E-state index in [9.17, 15) is 4.79 Å². The molecule has 0 spiro atoms. The average molecular weight is 240 g/mol. The van der Waals surface area contributed by atoms with Gasteiger partial charge in [-0.05, 0) is 6.92 Å². The van der Waals surface area contributed by atoms with Gasteiger partial charge in [-0.1, -0.05) is 0 Å². The van der Waals surface area contributed by atoms with Crippen LogP contribution in [-0.4, -0.2) is 52.1 Å². The minimum atomic E-state index is -0.888. The summed E-state index contributed by atoms with van der Waals surface area (Å²) in [5.41, 5.74) is 0. The van der Waals surface area contributed by atoms with Crippen LogP contribution in [0, 0.1) is 0 Å². The third kappa shape index (κ3) is 2.55. The van der Waals surface area contributed by atoms with E-state index < -0.39 is 5.97 Å². The number of nitrogens with zero attached hydrogens (tertiary/aromatic N) is 4. The van der Waals surface area contributed by atoms with Gasteiger partial charge in [0.05, 0.1) is 13.2 Å². The van der Waals surface area contributed by atoms with E-state index in [1.807, 2.05) is 11.5 Å². The summed E-state index contributed by atoms with van der Waals surface area (Å²) in [6.07, 6.45) is -0.0921. The Labute approximate surface area is 99.0 Å². The molecule has 2 rings (SSSR count). The molecule has 1 fully saturated rings. The Hall–Kier alpha value is -1.63. The number of carbonyl (C=O) groups is 1. The van der Waals surface area contributed by atoms with Crippen molar-refractivity contribution in [2.75, 3.05) is 31.2 Å². The molecule has 1 saturated heterocycles. The van der Waals surface area contributed by atoms with Crippen LogP contribution in [0.5, 0.6) is 0 Å². The van der Waals surface area contributed by atoms with Crippen molar-refractivity contribution in [1.29, 1.82) is 0 Å².